The molecule has 318 valence electrons. The van der Waals surface area contributed by atoms with E-state index in [2.05, 4.69) is 31.6 Å². The summed E-state index contributed by atoms with van der Waals surface area (Å²) >= 11 is 0. The maximum Gasteiger partial charge on any atom is 0.326 e. The number of carbonyl (C=O) groups is 9. The van der Waals surface area contributed by atoms with E-state index >= 15 is 0 Å². The fraction of sp³-hybridized carbons (Fsp3) is 0.395. The third kappa shape index (κ3) is 14.1. The molecule has 1 heterocycles. The Hall–Kier alpha value is -7.03. The predicted molar refractivity (Wildman–Crippen MR) is 205 cm³/mol. The molecule has 0 aliphatic rings. The number of aromatic hydroxyl groups is 1. The molecule has 3 rings (SSSR count). The van der Waals surface area contributed by atoms with Gasteiger partial charge in [-0.2, -0.15) is 0 Å². The molecule has 1 aromatic heterocycles. The second-order valence-corrected chi connectivity index (χ2v) is 13.8. The average Bonchev–Trinajstić information content (AvgIpc) is 3.57. The number of carboxylic acid groups (broad SMARTS) is 4. The molecule has 21 nitrogen and oxygen atoms in total. The van der Waals surface area contributed by atoms with Crippen LogP contribution < -0.4 is 32.3 Å². The number of hydrogen-bond donors (Lipinski definition) is 12. The zero-order valence-electron chi connectivity index (χ0n) is 32.0. The second-order valence-electron chi connectivity index (χ2n) is 13.8. The van der Waals surface area contributed by atoms with E-state index in [4.69, 9.17) is 10.8 Å². The van der Waals surface area contributed by atoms with Crippen molar-refractivity contribution in [3.8, 4) is 5.75 Å². The average molecular weight is 826 g/mol. The van der Waals surface area contributed by atoms with Crippen molar-refractivity contribution in [2.75, 3.05) is 0 Å². The number of nitrogens with two attached hydrogens (primary N) is 1. The number of benzene rings is 2. The molecule has 0 fully saturated rings. The highest BCUT2D eigenvalue weighted by atomic mass is 16.4. The smallest absolute Gasteiger partial charge is 0.326 e. The Morgan fingerprint density at radius 1 is 0.627 bits per heavy atom. The standard InChI is InChI=1S/C38H47N7O14/c1-3-18(2)32(45-36(56)27(16-31(51)52)41-33(53)23(39)14-29(47)48)37(57)43-26(15-30(49)50)35(55)42-25(13-20-17-40-24-7-5-4-6-22(20)24)34(54)44-28(38(58)59)12-19-8-10-21(46)11-9-19/h4-11,17-18,23,25-28,32,40,46H,3,12-16,39H2,1-2H3,(H,41,53)(H,42,55)(H,43,57)(H,44,54)(H,45,56)(H,47,48)(H,49,50)(H,51,52)(H,58,59)/t18-,23-,25-,26-,27-,28-,32-/m0/s1. The van der Waals surface area contributed by atoms with Crippen LogP contribution in [0.15, 0.2) is 54.7 Å². The number of rotatable bonds is 23. The molecule has 0 spiro atoms. The number of aliphatic carboxylic acids is 4. The lowest BCUT2D eigenvalue weighted by molar-refractivity contribution is -0.143. The summed E-state index contributed by atoms with van der Waals surface area (Å²) in [5.41, 5.74) is 7.17. The first-order valence-corrected chi connectivity index (χ1v) is 18.3. The molecular weight excluding hydrogens is 778 g/mol. The molecule has 0 saturated carbocycles. The van der Waals surface area contributed by atoms with Crippen LogP contribution in [0.5, 0.6) is 5.75 Å². The number of aromatic amines is 1. The zero-order chi connectivity index (χ0) is 44.0. The van der Waals surface area contributed by atoms with Crippen LogP contribution >= 0.6 is 0 Å². The second kappa shape index (κ2) is 21.5. The van der Waals surface area contributed by atoms with Crippen LogP contribution in [0.3, 0.4) is 0 Å². The van der Waals surface area contributed by atoms with E-state index in [0.29, 0.717) is 22.0 Å². The number of amides is 5. The van der Waals surface area contributed by atoms with E-state index in [-0.39, 0.29) is 25.0 Å². The minimum absolute atomic E-state index is 0.0712. The van der Waals surface area contributed by atoms with Crippen molar-refractivity contribution in [2.24, 2.45) is 11.7 Å². The number of H-pyrrole nitrogens is 1. The molecule has 0 aliphatic heterocycles. The van der Waals surface area contributed by atoms with E-state index in [1.54, 1.807) is 37.4 Å². The lowest BCUT2D eigenvalue weighted by Gasteiger charge is -2.28. The Balaban J connectivity index is 1.90. The molecule has 0 aliphatic carbocycles. The van der Waals surface area contributed by atoms with Crippen LogP contribution in [-0.4, -0.2) is 120 Å². The quantitative estimate of drug-likeness (QED) is 0.0544. The Morgan fingerprint density at radius 3 is 1.69 bits per heavy atom. The van der Waals surface area contributed by atoms with Crippen molar-refractivity contribution in [1.82, 2.24) is 31.6 Å². The SMILES string of the molecule is CC[C@H](C)[C@H](NC(=O)[C@H](CC(=O)O)NC(=O)[C@@H](N)CC(=O)O)C(=O)N[C@@H](CC(=O)O)C(=O)N[C@@H](Cc1c[nH]c2ccccc12)C(=O)N[C@@H](Cc1ccc(O)cc1)C(=O)O. The number of nitrogens with one attached hydrogen (secondary N) is 6. The summed E-state index contributed by atoms with van der Waals surface area (Å²) in [5.74, 6) is -12.4. The van der Waals surface area contributed by atoms with Gasteiger partial charge in [0.1, 0.15) is 36.0 Å². The van der Waals surface area contributed by atoms with Gasteiger partial charge in [0.2, 0.25) is 29.5 Å². The number of aromatic nitrogens is 1. The molecule has 59 heavy (non-hydrogen) atoms. The molecule has 0 unspecified atom stereocenters. The molecule has 0 saturated heterocycles. The van der Waals surface area contributed by atoms with Gasteiger partial charge < -0.3 is 62.8 Å². The lowest BCUT2D eigenvalue weighted by Crippen LogP contribution is -2.61. The number of carboxylic acids is 4. The van der Waals surface area contributed by atoms with Crippen molar-refractivity contribution in [3.05, 3.63) is 65.9 Å². The largest absolute Gasteiger partial charge is 0.508 e. The molecule has 13 N–H and O–H groups in total. The Bertz CT molecular complexity index is 2040. The van der Waals surface area contributed by atoms with Crippen molar-refractivity contribution < 1.29 is 68.7 Å². The van der Waals surface area contributed by atoms with Gasteiger partial charge in [-0.1, -0.05) is 50.6 Å². The number of phenols is 1. The first-order valence-electron chi connectivity index (χ1n) is 18.3. The van der Waals surface area contributed by atoms with Crippen molar-refractivity contribution in [3.63, 3.8) is 0 Å². The van der Waals surface area contributed by atoms with Gasteiger partial charge in [-0.15, -0.1) is 0 Å². The van der Waals surface area contributed by atoms with E-state index < -0.39 is 115 Å². The molecule has 0 radical (unpaired) electrons. The first kappa shape index (κ1) is 46.4. The van der Waals surface area contributed by atoms with Gasteiger partial charge in [-0.3, -0.25) is 38.4 Å². The summed E-state index contributed by atoms with van der Waals surface area (Å²) in [6.45, 7) is 3.13. The van der Waals surface area contributed by atoms with Gasteiger partial charge in [0.25, 0.3) is 0 Å². The number of fused-ring (bicyclic) bond motifs is 1. The normalized spacial score (nSPS) is 14.6. The summed E-state index contributed by atoms with van der Waals surface area (Å²) in [4.78, 5) is 117. The molecule has 5 amide bonds. The van der Waals surface area contributed by atoms with E-state index in [0.717, 1.165) is 0 Å². The molecule has 7 atom stereocenters. The highest BCUT2D eigenvalue weighted by Gasteiger charge is 2.36. The fourth-order valence-corrected chi connectivity index (χ4v) is 5.89. The summed E-state index contributed by atoms with van der Waals surface area (Å²) in [5, 5.41) is 59.8. The van der Waals surface area contributed by atoms with Gasteiger partial charge >= 0.3 is 23.9 Å². The van der Waals surface area contributed by atoms with Gasteiger partial charge in [0.15, 0.2) is 0 Å². The summed E-state index contributed by atoms with van der Waals surface area (Å²) in [6.07, 6.45) is -1.57. The van der Waals surface area contributed by atoms with Crippen LogP contribution in [0, 0.1) is 5.92 Å². The third-order valence-electron chi connectivity index (χ3n) is 9.27. The van der Waals surface area contributed by atoms with Crippen molar-refractivity contribution >= 4 is 64.3 Å². The Kier molecular flexibility index (Phi) is 16.9. The van der Waals surface area contributed by atoms with Gasteiger partial charge in [0.05, 0.1) is 25.3 Å². The van der Waals surface area contributed by atoms with E-state index in [9.17, 15) is 63.6 Å². The van der Waals surface area contributed by atoms with Crippen LogP contribution in [0.4, 0.5) is 0 Å². The van der Waals surface area contributed by atoms with Crippen molar-refractivity contribution in [2.45, 2.75) is 88.6 Å². The highest BCUT2D eigenvalue weighted by molar-refractivity contribution is 5.98. The molecular formula is C38H47N7O14. The van der Waals surface area contributed by atoms with Crippen LogP contribution in [0.25, 0.3) is 10.9 Å². The predicted octanol–water partition coefficient (Wildman–Crippen LogP) is -1.04. The third-order valence-corrected chi connectivity index (χ3v) is 9.27. The van der Waals surface area contributed by atoms with Crippen LogP contribution in [0.1, 0.15) is 50.7 Å². The lowest BCUT2D eigenvalue weighted by atomic mass is 9.97. The van der Waals surface area contributed by atoms with Gasteiger partial charge in [0, 0.05) is 29.9 Å². The number of phenolic OH excluding ortho intramolecular Hbond substituents is 1. The summed E-state index contributed by atoms with van der Waals surface area (Å²) < 4.78 is 0. The van der Waals surface area contributed by atoms with Crippen LogP contribution in [-0.2, 0) is 56.0 Å². The Morgan fingerprint density at radius 2 is 1.14 bits per heavy atom. The first-order chi connectivity index (χ1) is 27.8. The summed E-state index contributed by atoms with van der Waals surface area (Å²) in [7, 11) is 0. The highest BCUT2D eigenvalue weighted by Crippen LogP contribution is 2.20. The monoisotopic (exact) mass is 825 g/mol. The number of hydrogen-bond acceptors (Lipinski definition) is 11. The number of carbonyl (C=O) groups excluding carboxylic acids is 5. The molecule has 3 aromatic rings. The fourth-order valence-electron chi connectivity index (χ4n) is 5.89. The molecule has 0 bridgehead atoms. The minimum atomic E-state index is -1.89. The summed E-state index contributed by atoms with van der Waals surface area (Å²) in [6, 6.07) is 2.52. The van der Waals surface area contributed by atoms with Crippen LogP contribution in [0.2, 0.25) is 0 Å². The van der Waals surface area contributed by atoms with Gasteiger partial charge in [-0.25, -0.2) is 4.79 Å². The molecule has 2 aromatic carbocycles. The maximum atomic E-state index is 13.9. The number of para-hydroxylation sites is 1. The Labute approximate surface area is 336 Å². The van der Waals surface area contributed by atoms with Crippen molar-refractivity contribution in [1.29, 1.82) is 0 Å². The zero-order valence-corrected chi connectivity index (χ0v) is 32.0. The van der Waals surface area contributed by atoms with E-state index in [1.165, 1.54) is 31.2 Å². The van der Waals surface area contributed by atoms with Gasteiger partial charge in [-0.05, 0) is 35.2 Å². The topological polar surface area (TPSA) is 357 Å². The molecule has 21 heteroatoms. The maximum absolute atomic E-state index is 13.9. The van der Waals surface area contributed by atoms with E-state index in [1.807, 2.05) is 0 Å². The minimum Gasteiger partial charge on any atom is -0.508 e.